The third-order valence-corrected chi connectivity index (χ3v) is 2.89. The van der Waals surface area contributed by atoms with E-state index in [2.05, 4.69) is 0 Å². The zero-order valence-electron chi connectivity index (χ0n) is 14.1. The normalized spacial score (nSPS) is 12.5. The van der Waals surface area contributed by atoms with E-state index in [1.54, 1.807) is 32.9 Å². The summed E-state index contributed by atoms with van der Waals surface area (Å²) in [5.41, 5.74) is 6.16. The van der Waals surface area contributed by atoms with Gasteiger partial charge in [-0.05, 0) is 44.9 Å². The Morgan fingerprint density at radius 1 is 1.09 bits per heavy atom. The molecule has 0 saturated carbocycles. The van der Waals surface area contributed by atoms with E-state index in [9.17, 15) is 4.79 Å². The zero-order chi connectivity index (χ0) is 16.9. The number of rotatable bonds is 6. The van der Waals surface area contributed by atoms with Crippen LogP contribution in [0.4, 0.5) is 0 Å². The summed E-state index contributed by atoms with van der Waals surface area (Å²) < 4.78 is 21.1. The van der Waals surface area contributed by atoms with Crippen LogP contribution in [0.2, 0.25) is 0 Å². The second kappa shape index (κ2) is 7.35. The molecule has 6 heteroatoms. The maximum absolute atomic E-state index is 12.0. The van der Waals surface area contributed by atoms with Gasteiger partial charge in [0, 0.05) is 0 Å². The third kappa shape index (κ3) is 4.80. The van der Waals surface area contributed by atoms with Gasteiger partial charge in [-0.1, -0.05) is 0 Å². The Morgan fingerprint density at radius 2 is 1.59 bits per heavy atom. The number of hydrogen-bond donors (Lipinski definition) is 1. The van der Waals surface area contributed by atoms with Crippen LogP contribution in [0.3, 0.4) is 0 Å². The smallest absolute Gasteiger partial charge is 0.323 e. The predicted molar refractivity (Wildman–Crippen MR) is 83.6 cm³/mol. The molecular formula is C16H25NO5. The van der Waals surface area contributed by atoms with Crippen molar-refractivity contribution in [1.29, 1.82) is 0 Å². The molecule has 0 aliphatic rings. The van der Waals surface area contributed by atoms with Gasteiger partial charge in [-0.25, -0.2) is 0 Å². The number of hydrogen-bond acceptors (Lipinski definition) is 6. The van der Waals surface area contributed by atoms with Crippen molar-refractivity contribution in [3.63, 3.8) is 0 Å². The molecule has 0 unspecified atom stereocenters. The van der Waals surface area contributed by atoms with Gasteiger partial charge in [-0.3, -0.25) is 4.79 Å². The average Bonchev–Trinajstić information content (AvgIpc) is 2.44. The minimum Gasteiger partial charge on any atom is -0.493 e. The molecule has 0 radical (unpaired) electrons. The van der Waals surface area contributed by atoms with Crippen molar-refractivity contribution < 1.29 is 23.7 Å². The standard InChI is InChI=1S/C16H25NO5/c1-16(2,3)22-15(18)11(17)7-10-8-12(19-4)14(21-6)13(9-10)20-5/h8-9,11H,7,17H2,1-6H3/t11-/m0/s1. The molecule has 0 aromatic heterocycles. The second-order valence-electron chi connectivity index (χ2n) is 5.88. The Bertz CT molecular complexity index is 497. The number of nitrogens with two attached hydrogens (primary N) is 1. The van der Waals surface area contributed by atoms with E-state index in [4.69, 9.17) is 24.7 Å². The van der Waals surface area contributed by atoms with Crippen LogP contribution in [-0.4, -0.2) is 38.9 Å². The molecule has 0 fully saturated rings. The average molecular weight is 311 g/mol. The Labute approximate surface area is 131 Å². The summed E-state index contributed by atoms with van der Waals surface area (Å²) in [4.78, 5) is 12.0. The number of esters is 1. The second-order valence-corrected chi connectivity index (χ2v) is 5.88. The van der Waals surface area contributed by atoms with Crippen LogP contribution < -0.4 is 19.9 Å². The first-order valence-electron chi connectivity index (χ1n) is 6.99. The summed E-state index contributed by atoms with van der Waals surface area (Å²) in [5.74, 6) is 1.10. The highest BCUT2D eigenvalue weighted by molar-refractivity contribution is 5.76. The van der Waals surface area contributed by atoms with Crippen molar-refractivity contribution in [2.75, 3.05) is 21.3 Å². The molecule has 124 valence electrons. The summed E-state index contributed by atoms with van der Waals surface area (Å²) in [6.45, 7) is 5.41. The van der Waals surface area contributed by atoms with Crippen molar-refractivity contribution in [3.05, 3.63) is 17.7 Å². The maximum Gasteiger partial charge on any atom is 0.323 e. The van der Waals surface area contributed by atoms with Crippen LogP contribution in [0.5, 0.6) is 17.2 Å². The SMILES string of the molecule is COc1cc(C[C@H](N)C(=O)OC(C)(C)C)cc(OC)c1OC. The monoisotopic (exact) mass is 311 g/mol. The van der Waals surface area contributed by atoms with E-state index in [-0.39, 0.29) is 0 Å². The van der Waals surface area contributed by atoms with Gasteiger partial charge in [0.05, 0.1) is 21.3 Å². The summed E-state index contributed by atoms with van der Waals surface area (Å²) in [6, 6.07) is 2.78. The van der Waals surface area contributed by atoms with E-state index < -0.39 is 17.6 Å². The summed E-state index contributed by atoms with van der Waals surface area (Å²) in [5, 5.41) is 0. The van der Waals surface area contributed by atoms with E-state index in [0.29, 0.717) is 23.7 Å². The lowest BCUT2D eigenvalue weighted by Gasteiger charge is -2.22. The molecule has 0 bridgehead atoms. The lowest BCUT2D eigenvalue weighted by Crippen LogP contribution is -2.38. The van der Waals surface area contributed by atoms with Gasteiger partial charge in [-0.15, -0.1) is 0 Å². The highest BCUT2D eigenvalue weighted by Gasteiger charge is 2.23. The third-order valence-electron chi connectivity index (χ3n) is 2.89. The van der Waals surface area contributed by atoms with Crippen LogP contribution in [0.25, 0.3) is 0 Å². The summed E-state index contributed by atoms with van der Waals surface area (Å²) >= 11 is 0. The zero-order valence-corrected chi connectivity index (χ0v) is 14.1. The molecule has 0 heterocycles. The fourth-order valence-electron chi connectivity index (χ4n) is 1.97. The van der Waals surface area contributed by atoms with Crippen molar-refractivity contribution in [2.45, 2.75) is 38.8 Å². The van der Waals surface area contributed by atoms with E-state index in [0.717, 1.165) is 5.56 Å². The van der Waals surface area contributed by atoms with Gasteiger partial charge in [0.25, 0.3) is 0 Å². The van der Waals surface area contributed by atoms with E-state index >= 15 is 0 Å². The van der Waals surface area contributed by atoms with Crippen molar-refractivity contribution in [2.24, 2.45) is 5.73 Å². The van der Waals surface area contributed by atoms with Gasteiger partial charge in [0.2, 0.25) is 5.75 Å². The minimum absolute atomic E-state index is 0.311. The molecule has 1 rings (SSSR count). The Kier molecular flexibility index (Phi) is 6.05. The Hall–Kier alpha value is -1.95. The molecule has 0 spiro atoms. The molecule has 6 nitrogen and oxygen atoms in total. The molecule has 1 aromatic rings. The molecule has 1 aromatic carbocycles. The van der Waals surface area contributed by atoms with Crippen molar-refractivity contribution in [3.8, 4) is 17.2 Å². The maximum atomic E-state index is 12.0. The molecule has 0 aliphatic carbocycles. The number of methoxy groups -OCH3 is 3. The number of ether oxygens (including phenoxy) is 4. The molecule has 1 atom stereocenters. The minimum atomic E-state index is -0.762. The lowest BCUT2D eigenvalue weighted by atomic mass is 10.0. The summed E-state index contributed by atoms with van der Waals surface area (Å²) in [7, 11) is 4.61. The topological polar surface area (TPSA) is 80.0 Å². The number of benzene rings is 1. The molecular weight excluding hydrogens is 286 g/mol. The summed E-state index contributed by atoms with van der Waals surface area (Å²) in [6.07, 6.45) is 0.311. The Balaban J connectivity index is 2.96. The van der Waals surface area contributed by atoms with Crippen molar-refractivity contribution >= 4 is 5.97 Å². The molecule has 0 aliphatic heterocycles. The predicted octanol–water partition coefficient (Wildman–Crippen LogP) is 1.92. The highest BCUT2D eigenvalue weighted by atomic mass is 16.6. The molecule has 2 N–H and O–H groups in total. The van der Waals surface area contributed by atoms with E-state index in [1.807, 2.05) is 0 Å². The van der Waals surface area contributed by atoms with Gasteiger partial charge in [-0.2, -0.15) is 0 Å². The van der Waals surface area contributed by atoms with Gasteiger partial charge in [0.1, 0.15) is 11.6 Å². The lowest BCUT2D eigenvalue weighted by molar-refractivity contribution is -0.156. The first-order chi connectivity index (χ1) is 10.2. The van der Waals surface area contributed by atoms with Crippen LogP contribution in [0.1, 0.15) is 26.3 Å². The number of carbonyl (C=O) groups excluding carboxylic acids is 1. The van der Waals surface area contributed by atoms with Crippen LogP contribution in [0, 0.1) is 0 Å². The fraction of sp³-hybridized carbons (Fsp3) is 0.562. The van der Waals surface area contributed by atoms with Crippen LogP contribution >= 0.6 is 0 Å². The van der Waals surface area contributed by atoms with Crippen molar-refractivity contribution in [1.82, 2.24) is 0 Å². The van der Waals surface area contributed by atoms with Gasteiger partial charge < -0.3 is 24.7 Å². The first kappa shape index (κ1) is 18.1. The fourth-order valence-corrected chi connectivity index (χ4v) is 1.97. The molecule has 0 saturated heterocycles. The van der Waals surface area contributed by atoms with Crippen LogP contribution in [-0.2, 0) is 16.0 Å². The van der Waals surface area contributed by atoms with Gasteiger partial charge >= 0.3 is 5.97 Å². The van der Waals surface area contributed by atoms with Gasteiger partial charge in [0.15, 0.2) is 11.5 Å². The first-order valence-corrected chi connectivity index (χ1v) is 6.99. The van der Waals surface area contributed by atoms with E-state index in [1.165, 1.54) is 21.3 Å². The quantitative estimate of drug-likeness (QED) is 0.809. The Morgan fingerprint density at radius 3 is 1.95 bits per heavy atom. The molecule has 22 heavy (non-hydrogen) atoms. The largest absolute Gasteiger partial charge is 0.493 e. The van der Waals surface area contributed by atoms with Crippen LogP contribution in [0.15, 0.2) is 12.1 Å². The number of carbonyl (C=O) groups is 1. The highest BCUT2D eigenvalue weighted by Crippen LogP contribution is 2.38. The molecule has 0 amide bonds.